The molecule has 0 radical (unpaired) electrons. The van der Waals surface area contributed by atoms with Gasteiger partial charge in [0.15, 0.2) is 11.2 Å². The van der Waals surface area contributed by atoms with Crippen LogP contribution in [0, 0.1) is 0 Å². The van der Waals surface area contributed by atoms with Crippen LogP contribution >= 0.6 is 0 Å². The van der Waals surface area contributed by atoms with Crippen molar-refractivity contribution in [1.29, 1.82) is 0 Å². The summed E-state index contributed by atoms with van der Waals surface area (Å²) in [7, 11) is 1.45. The molecule has 2 N–H and O–H groups in total. The maximum Gasteiger partial charge on any atom is 0.332 e. The topological polar surface area (TPSA) is 136 Å². The first-order valence-electron chi connectivity index (χ1n) is 11.6. The van der Waals surface area contributed by atoms with E-state index in [4.69, 9.17) is 4.74 Å². The van der Waals surface area contributed by atoms with Crippen molar-refractivity contribution in [2.24, 2.45) is 0 Å². The highest BCUT2D eigenvalue weighted by atomic mass is 16.5. The highest BCUT2D eigenvalue weighted by molar-refractivity contribution is 5.80. The molecule has 5 aromatic rings. The van der Waals surface area contributed by atoms with Gasteiger partial charge >= 0.3 is 5.69 Å². The fraction of sp³-hybridized carbons (Fsp3) is 0.280. The van der Waals surface area contributed by atoms with Crippen molar-refractivity contribution < 1.29 is 4.74 Å². The molecule has 0 fully saturated rings. The van der Waals surface area contributed by atoms with E-state index in [1.807, 2.05) is 66.9 Å². The fourth-order valence-electron chi connectivity index (χ4n) is 4.36. The Morgan fingerprint density at radius 3 is 2.36 bits per heavy atom. The van der Waals surface area contributed by atoms with Gasteiger partial charge in [-0.25, -0.2) is 14.3 Å². The van der Waals surface area contributed by atoms with Gasteiger partial charge in [-0.1, -0.05) is 62.4 Å². The van der Waals surface area contributed by atoms with E-state index in [1.54, 1.807) is 6.92 Å². The van der Waals surface area contributed by atoms with Crippen molar-refractivity contribution in [3.63, 3.8) is 0 Å². The smallest absolute Gasteiger partial charge is 0.332 e. The van der Waals surface area contributed by atoms with Crippen LogP contribution in [0.4, 0.5) is 0 Å². The number of aromatic nitrogens is 8. The quantitative estimate of drug-likeness (QED) is 0.361. The standard InChI is InChI=1S/C25H26N8O3/c1-14(2)23-26-22-20(24(34)33(15(3)36-4)25(35)27-22)32(23)13-16-9-11-17(12-10-16)18-7-5-6-8-19(18)21-28-30-31-29-21/h5-12,14-15H,13H2,1-4H3,(H,27,35)(H,28,29,30,31). The molecule has 1 atom stereocenters. The van der Waals surface area contributed by atoms with Gasteiger partial charge in [-0.3, -0.25) is 9.78 Å². The number of rotatable bonds is 7. The molecule has 0 bridgehead atoms. The van der Waals surface area contributed by atoms with E-state index in [1.165, 1.54) is 7.11 Å². The first kappa shape index (κ1) is 23.4. The zero-order chi connectivity index (χ0) is 25.4. The maximum atomic E-state index is 13.4. The first-order valence-corrected chi connectivity index (χ1v) is 11.6. The van der Waals surface area contributed by atoms with Crippen LogP contribution < -0.4 is 11.2 Å². The Morgan fingerprint density at radius 1 is 1.00 bits per heavy atom. The zero-order valence-electron chi connectivity index (χ0n) is 20.4. The molecule has 0 aliphatic rings. The van der Waals surface area contributed by atoms with E-state index in [0.717, 1.165) is 26.8 Å². The predicted molar refractivity (Wildman–Crippen MR) is 135 cm³/mol. The Hall–Kier alpha value is -4.38. The van der Waals surface area contributed by atoms with Crippen LogP contribution in [-0.2, 0) is 11.3 Å². The van der Waals surface area contributed by atoms with Crippen LogP contribution in [0.15, 0.2) is 58.1 Å². The molecule has 0 saturated carbocycles. The molecule has 5 rings (SSSR count). The number of aromatic amines is 2. The highest BCUT2D eigenvalue weighted by Crippen LogP contribution is 2.30. The molecule has 11 heteroatoms. The molecule has 0 aliphatic heterocycles. The molecule has 0 spiro atoms. The Morgan fingerprint density at radius 2 is 1.72 bits per heavy atom. The van der Waals surface area contributed by atoms with Gasteiger partial charge in [0.05, 0.1) is 0 Å². The molecule has 0 saturated heterocycles. The van der Waals surface area contributed by atoms with E-state index < -0.39 is 17.5 Å². The number of ether oxygens (including phenoxy) is 1. The van der Waals surface area contributed by atoms with Crippen LogP contribution in [0.1, 0.15) is 44.3 Å². The largest absolute Gasteiger partial charge is 0.361 e. The second kappa shape index (κ2) is 9.34. The number of H-pyrrole nitrogens is 2. The van der Waals surface area contributed by atoms with Crippen LogP contribution in [-0.4, -0.2) is 46.8 Å². The lowest BCUT2D eigenvalue weighted by Crippen LogP contribution is -2.38. The van der Waals surface area contributed by atoms with Crippen molar-refractivity contribution >= 4 is 11.2 Å². The van der Waals surface area contributed by atoms with Crippen molar-refractivity contribution in [1.82, 2.24) is 39.7 Å². The van der Waals surface area contributed by atoms with Crippen LogP contribution in [0.3, 0.4) is 0 Å². The number of methoxy groups -OCH3 is 1. The second-order valence-corrected chi connectivity index (χ2v) is 8.83. The van der Waals surface area contributed by atoms with Crippen LogP contribution in [0.5, 0.6) is 0 Å². The normalized spacial score (nSPS) is 12.5. The Labute approximate surface area is 205 Å². The lowest BCUT2D eigenvalue weighted by molar-refractivity contribution is 0.0542. The molecule has 1 unspecified atom stereocenters. The molecule has 36 heavy (non-hydrogen) atoms. The molecule has 0 aliphatic carbocycles. The molecule has 11 nitrogen and oxygen atoms in total. The van der Waals surface area contributed by atoms with Crippen molar-refractivity contribution in [2.75, 3.05) is 7.11 Å². The molecular weight excluding hydrogens is 460 g/mol. The van der Waals surface area contributed by atoms with Crippen molar-refractivity contribution in [2.45, 2.75) is 39.5 Å². The molecule has 3 heterocycles. The minimum absolute atomic E-state index is 0.0368. The minimum atomic E-state index is -0.713. The average Bonchev–Trinajstić information content (AvgIpc) is 3.53. The first-order chi connectivity index (χ1) is 17.4. The maximum absolute atomic E-state index is 13.4. The van der Waals surface area contributed by atoms with Gasteiger partial charge < -0.3 is 9.30 Å². The van der Waals surface area contributed by atoms with Crippen LogP contribution in [0.2, 0.25) is 0 Å². The zero-order valence-corrected chi connectivity index (χ0v) is 20.4. The fourth-order valence-corrected chi connectivity index (χ4v) is 4.36. The van der Waals surface area contributed by atoms with E-state index in [2.05, 4.69) is 30.6 Å². The highest BCUT2D eigenvalue weighted by Gasteiger charge is 2.22. The van der Waals surface area contributed by atoms with Gasteiger partial charge in [-0.2, -0.15) is 5.21 Å². The van der Waals surface area contributed by atoms with Gasteiger partial charge in [0, 0.05) is 25.1 Å². The summed E-state index contributed by atoms with van der Waals surface area (Å²) in [5.41, 5.74) is 3.47. The summed E-state index contributed by atoms with van der Waals surface area (Å²) in [5.74, 6) is 1.28. The molecular formula is C25H26N8O3. The van der Waals surface area contributed by atoms with Gasteiger partial charge in [0.25, 0.3) is 5.56 Å². The summed E-state index contributed by atoms with van der Waals surface area (Å²) in [5, 5.41) is 14.4. The number of nitrogens with zero attached hydrogens (tertiary/aromatic N) is 6. The summed E-state index contributed by atoms with van der Waals surface area (Å²) in [6.45, 7) is 6.07. The number of tetrazole rings is 1. The lowest BCUT2D eigenvalue weighted by atomic mass is 9.98. The van der Waals surface area contributed by atoms with Gasteiger partial charge in [0.1, 0.15) is 12.1 Å². The Kier molecular flexibility index (Phi) is 6.06. The monoisotopic (exact) mass is 486 g/mol. The van der Waals surface area contributed by atoms with Crippen LogP contribution in [0.25, 0.3) is 33.7 Å². The molecule has 0 amide bonds. The number of nitrogens with one attached hydrogen (secondary N) is 2. The SMILES string of the molecule is COC(C)n1c(=O)[nH]c2nc(C(C)C)n(Cc3ccc(-c4ccccc4-c4nn[nH]n4)cc3)c2c1=O. The van der Waals surface area contributed by atoms with E-state index >= 15 is 0 Å². The van der Waals surface area contributed by atoms with Gasteiger partial charge in [-0.05, 0) is 28.8 Å². The van der Waals surface area contributed by atoms with Gasteiger partial charge in [0.2, 0.25) is 5.82 Å². The molecule has 184 valence electrons. The van der Waals surface area contributed by atoms with E-state index in [9.17, 15) is 9.59 Å². The van der Waals surface area contributed by atoms with E-state index in [-0.39, 0.29) is 11.6 Å². The third-order valence-corrected chi connectivity index (χ3v) is 6.20. The third-order valence-electron chi connectivity index (χ3n) is 6.20. The summed E-state index contributed by atoms with van der Waals surface area (Å²) < 4.78 is 8.20. The number of benzene rings is 2. The number of fused-ring (bicyclic) bond motifs is 1. The predicted octanol–water partition coefficient (Wildman–Crippen LogP) is 3.07. The third kappa shape index (κ3) is 4.03. The van der Waals surface area contributed by atoms with E-state index in [0.29, 0.717) is 23.7 Å². The summed E-state index contributed by atoms with van der Waals surface area (Å²) in [4.78, 5) is 33.3. The Bertz CT molecular complexity index is 1630. The van der Waals surface area contributed by atoms with Gasteiger partial charge in [-0.15, -0.1) is 10.2 Å². The Balaban J connectivity index is 1.57. The lowest BCUT2D eigenvalue weighted by Gasteiger charge is -2.14. The van der Waals surface area contributed by atoms with Crippen molar-refractivity contribution in [3.05, 3.63) is 80.8 Å². The number of imidazole rings is 1. The molecule has 2 aromatic carbocycles. The average molecular weight is 487 g/mol. The summed E-state index contributed by atoms with van der Waals surface area (Å²) >= 11 is 0. The second-order valence-electron chi connectivity index (χ2n) is 8.83. The van der Waals surface area contributed by atoms with Crippen molar-refractivity contribution in [3.8, 4) is 22.5 Å². The minimum Gasteiger partial charge on any atom is -0.361 e. The number of hydrogen-bond donors (Lipinski definition) is 2. The number of hydrogen-bond acceptors (Lipinski definition) is 7. The molecule has 3 aromatic heterocycles. The summed E-state index contributed by atoms with van der Waals surface area (Å²) in [6.07, 6.45) is -0.713. The summed E-state index contributed by atoms with van der Waals surface area (Å²) in [6, 6.07) is 15.9.